The molecule has 0 amide bonds. The minimum atomic E-state index is 0.177. The van der Waals surface area contributed by atoms with Crippen LogP contribution in [0.3, 0.4) is 0 Å². The van der Waals surface area contributed by atoms with E-state index in [4.69, 9.17) is 5.73 Å². The van der Waals surface area contributed by atoms with Crippen LogP contribution in [-0.2, 0) is 0 Å². The first-order valence-corrected chi connectivity index (χ1v) is 6.81. The maximum atomic E-state index is 6.13. The molecular formula is C15H24N2. The Morgan fingerprint density at radius 3 is 2.29 bits per heavy atom. The van der Waals surface area contributed by atoms with Crippen LogP contribution in [0.1, 0.15) is 33.1 Å². The van der Waals surface area contributed by atoms with Crippen molar-refractivity contribution in [3.8, 4) is 0 Å². The van der Waals surface area contributed by atoms with Crippen molar-refractivity contribution in [1.82, 2.24) is 0 Å². The van der Waals surface area contributed by atoms with Crippen LogP contribution in [-0.4, -0.2) is 18.6 Å². The van der Waals surface area contributed by atoms with Crippen LogP contribution in [0.25, 0.3) is 0 Å². The van der Waals surface area contributed by atoms with Crippen LogP contribution < -0.4 is 10.6 Å². The van der Waals surface area contributed by atoms with Crippen LogP contribution in [0.2, 0.25) is 0 Å². The topological polar surface area (TPSA) is 29.3 Å². The van der Waals surface area contributed by atoms with E-state index in [0.717, 1.165) is 25.4 Å². The largest absolute Gasteiger partial charge is 0.365 e. The van der Waals surface area contributed by atoms with Gasteiger partial charge in [0.25, 0.3) is 0 Å². The quantitative estimate of drug-likeness (QED) is 0.817. The molecule has 1 aliphatic rings. The first kappa shape index (κ1) is 12.4. The zero-order chi connectivity index (χ0) is 12.3. The van der Waals surface area contributed by atoms with Gasteiger partial charge in [-0.2, -0.15) is 0 Å². The van der Waals surface area contributed by atoms with E-state index in [1.54, 1.807) is 0 Å². The highest BCUT2D eigenvalue weighted by Gasteiger charge is 2.46. The van der Waals surface area contributed by atoms with E-state index in [-0.39, 0.29) is 5.54 Å². The van der Waals surface area contributed by atoms with Crippen LogP contribution in [0.4, 0.5) is 5.69 Å². The first-order chi connectivity index (χ1) is 8.28. The fourth-order valence-corrected chi connectivity index (χ4v) is 3.10. The van der Waals surface area contributed by atoms with E-state index in [9.17, 15) is 0 Å². The third-order valence-electron chi connectivity index (χ3n) is 4.22. The lowest BCUT2D eigenvalue weighted by atomic mass is 9.87. The highest BCUT2D eigenvalue weighted by atomic mass is 15.2. The van der Waals surface area contributed by atoms with Gasteiger partial charge in [0.05, 0.1) is 5.54 Å². The van der Waals surface area contributed by atoms with E-state index in [0.29, 0.717) is 0 Å². The fourth-order valence-electron chi connectivity index (χ4n) is 3.10. The molecule has 2 N–H and O–H groups in total. The number of benzene rings is 1. The van der Waals surface area contributed by atoms with Crippen molar-refractivity contribution in [3.63, 3.8) is 0 Å². The van der Waals surface area contributed by atoms with E-state index in [1.807, 2.05) is 0 Å². The van der Waals surface area contributed by atoms with Gasteiger partial charge in [-0.1, -0.05) is 25.1 Å². The number of likely N-dealkylation sites (N-methyl/N-ethyl adjacent to an activating group) is 1. The van der Waals surface area contributed by atoms with Gasteiger partial charge in [0, 0.05) is 18.8 Å². The number of hydrogen-bond acceptors (Lipinski definition) is 2. The molecule has 0 saturated heterocycles. The predicted octanol–water partition coefficient (Wildman–Crippen LogP) is 3.03. The van der Waals surface area contributed by atoms with Gasteiger partial charge in [-0.25, -0.2) is 0 Å². The molecule has 0 aliphatic heterocycles. The third kappa shape index (κ3) is 2.19. The Morgan fingerprint density at radius 1 is 1.24 bits per heavy atom. The van der Waals surface area contributed by atoms with E-state index in [1.165, 1.54) is 18.5 Å². The lowest BCUT2D eigenvalue weighted by molar-refractivity contribution is 0.337. The second-order valence-corrected chi connectivity index (χ2v) is 5.02. The molecule has 94 valence electrons. The fraction of sp³-hybridized carbons (Fsp3) is 0.600. The van der Waals surface area contributed by atoms with Crippen molar-refractivity contribution < 1.29 is 0 Å². The minimum absolute atomic E-state index is 0.177. The molecule has 1 aliphatic carbocycles. The normalized spacial score (nSPS) is 18.8. The summed E-state index contributed by atoms with van der Waals surface area (Å²) in [5, 5.41) is 0. The summed E-state index contributed by atoms with van der Waals surface area (Å²) >= 11 is 0. The summed E-state index contributed by atoms with van der Waals surface area (Å²) < 4.78 is 0. The van der Waals surface area contributed by atoms with Crippen molar-refractivity contribution in [1.29, 1.82) is 0 Å². The van der Waals surface area contributed by atoms with Crippen molar-refractivity contribution >= 4 is 5.69 Å². The number of hydrogen-bond donors (Lipinski definition) is 1. The first-order valence-electron chi connectivity index (χ1n) is 6.81. The van der Waals surface area contributed by atoms with Crippen LogP contribution >= 0.6 is 0 Å². The summed E-state index contributed by atoms with van der Waals surface area (Å²) in [6.07, 6.45) is 3.82. The molecule has 0 spiro atoms. The number of para-hydroxylation sites is 1. The second kappa shape index (κ2) is 5.09. The molecule has 1 fully saturated rings. The Labute approximate surface area is 105 Å². The van der Waals surface area contributed by atoms with Crippen molar-refractivity contribution in [2.24, 2.45) is 11.7 Å². The highest BCUT2D eigenvalue weighted by molar-refractivity contribution is 5.49. The average Bonchev–Trinajstić information content (AvgIpc) is 3.22. The second-order valence-electron chi connectivity index (χ2n) is 5.02. The smallest absolute Gasteiger partial charge is 0.0549 e. The number of rotatable bonds is 6. The molecule has 1 aromatic carbocycles. The van der Waals surface area contributed by atoms with E-state index in [2.05, 4.69) is 49.1 Å². The molecule has 2 rings (SSSR count). The van der Waals surface area contributed by atoms with Gasteiger partial charge in [0.15, 0.2) is 0 Å². The van der Waals surface area contributed by atoms with Crippen molar-refractivity contribution in [3.05, 3.63) is 30.3 Å². The van der Waals surface area contributed by atoms with Crippen LogP contribution in [0.5, 0.6) is 0 Å². The Morgan fingerprint density at radius 2 is 1.88 bits per heavy atom. The Hall–Kier alpha value is -1.02. The summed E-state index contributed by atoms with van der Waals surface area (Å²) in [5.74, 6) is 0.789. The van der Waals surface area contributed by atoms with Gasteiger partial charge < -0.3 is 10.6 Å². The zero-order valence-corrected chi connectivity index (χ0v) is 11.0. The highest BCUT2D eigenvalue weighted by Crippen LogP contribution is 2.46. The van der Waals surface area contributed by atoms with Gasteiger partial charge >= 0.3 is 0 Å². The Balaban J connectivity index is 2.32. The van der Waals surface area contributed by atoms with Gasteiger partial charge in [0.2, 0.25) is 0 Å². The van der Waals surface area contributed by atoms with Crippen LogP contribution in [0, 0.1) is 5.92 Å². The van der Waals surface area contributed by atoms with Crippen LogP contribution in [0.15, 0.2) is 30.3 Å². The minimum Gasteiger partial charge on any atom is -0.365 e. The number of nitrogens with zero attached hydrogens (tertiary/aromatic N) is 1. The maximum Gasteiger partial charge on any atom is 0.0549 e. The SMILES string of the molecule is CCN(c1ccccc1)C(CC)(CN)C1CC1. The lowest BCUT2D eigenvalue weighted by Crippen LogP contribution is -2.55. The predicted molar refractivity (Wildman–Crippen MR) is 74.3 cm³/mol. The summed E-state index contributed by atoms with van der Waals surface area (Å²) in [6, 6.07) is 10.7. The number of nitrogens with two attached hydrogens (primary N) is 1. The molecule has 1 aromatic rings. The van der Waals surface area contributed by atoms with Gasteiger partial charge in [-0.05, 0) is 44.2 Å². The summed E-state index contributed by atoms with van der Waals surface area (Å²) in [4.78, 5) is 2.52. The molecular weight excluding hydrogens is 208 g/mol. The van der Waals surface area contributed by atoms with E-state index >= 15 is 0 Å². The van der Waals surface area contributed by atoms with Gasteiger partial charge in [0.1, 0.15) is 0 Å². The molecule has 0 radical (unpaired) electrons. The molecule has 0 aromatic heterocycles. The monoisotopic (exact) mass is 232 g/mol. The van der Waals surface area contributed by atoms with Gasteiger partial charge in [-0.15, -0.1) is 0 Å². The molecule has 2 nitrogen and oxygen atoms in total. The Bertz CT molecular complexity index is 339. The summed E-state index contributed by atoms with van der Waals surface area (Å²) in [5.41, 5.74) is 7.62. The third-order valence-corrected chi connectivity index (χ3v) is 4.22. The average molecular weight is 232 g/mol. The summed E-state index contributed by atoms with van der Waals surface area (Å²) in [7, 11) is 0. The molecule has 1 saturated carbocycles. The zero-order valence-electron chi connectivity index (χ0n) is 11.0. The molecule has 0 heterocycles. The Kier molecular flexibility index (Phi) is 3.72. The molecule has 17 heavy (non-hydrogen) atoms. The molecule has 0 bridgehead atoms. The maximum absolute atomic E-state index is 6.13. The molecule has 2 heteroatoms. The van der Waals surface area contributed by atoms with E-state index < -0.39 is 0 Å². The van der Waals surface area contributed by atoms with Gasteiger partial charge in [-0.3, -0.25) is 0 Å². The van der Waals surface area contributed by atoms with Crippen molar-refractivity contribution in [2.75, 3.05) is 18.0 Å². The molecule has 1 unspecified atom stereocenters. The lowest BCUT2D eigenvalue weighted by Gasteiger charge is -2.45. The standard InChI is InChI=1S/C15H24N2/c1-3-15(12-16,13-10-11-13)17(4-2)14-8-6-5-7-9-14/h5-9,13H,3-4,10-12,16H2,1-2H3. The molecule has 1 atom stereocenters. The van der Waals surface area contributed by atoms with Crippen molar-refractivity contribution in [2.45, 2.75) is 38.6 Å². The summed E-state index contributed by atoms with van der Waals surface area (Å²) in [6.45, 7) is 6.30. The number of anilines is 1.